The minimum Gasteiger partial charge on any atom is -0.396 e. The lowest BCUT2D eigenvalue weighted by atomic mass is 10.0. The lowest BCUT2D eigenvalue weighted by Gasteiger charge is -2.41. The lowest BCUT2D eigenvalue weighted by Crippen LogP contribution is -2.52. The standard InChI is InChI=1S/C22H31N3OS/c1-17-6-2-3-7-18(17)14-25-12-11-24(15-19(25)10-13-26)16-22-23-20-8-4-5-9-21(20)27-22/h2-3,6-7,19,26H,4-5,8-16H2,1H3/t19-/m1/s1. The highest BCUT2D eigenvalue weighted by Crippen LogP contribution is 2.28. The van der Waals surface area contributed by atoms with Gasteiger partial charge in [-0.3, -0.25) is 9.80 Å². The zero-order valence-corrected chi connectivity index (χ0v) is 17.2. The third-order valence-electron chi connectivity index (χ3n) is 6.03. The highest BCUT2D eigenvalue weighted by atomic mass is 32.1. The Bertz CT molecular complexity index is 736. The second kappa shape index (κ2) is 8.82. The number of piperazine rings is 1. The molecule has 1 atom stereocenters. The zero-order chi connectivity index (χ0) is 18.6. The SMILES string of the molecule is Cc1ccccc1CN1CCN(Cc2nc3c(s2)CCCC3)C[C@H]1CCO. The van der Waals surface area contributed by atoms with Crippen LogP contribution in [0.2, 0.25) is 0 Å². The zero-order valence-electron chi connectivity index (χ0n) is 16.4. The molecule has 0 unspecified atom stereocenters. The summed E-state index contributed by atoms with van der Waals surface area (Å²) in [6.07, 6.45) is 5.86. The van der Waals surface area contributed by atoms with E-state index in [4.69, 9.17) is 4.98 Å². The first-order chi connectivity index (χ1) is 13.2. The summed E-state index contributed by atoms with van der Waals surface area (Å²) in [6, 6.07) is 9.08. The number of aromatic nitrogens is 1. The van der Waals surface area contributed by atoms with E-state index in [0.29, 0.717) is 6.04 Å². The molecule has 2 heterocycles. The summed E-state index contributed by atoms with van der Waals surface area (Å²) in [6.45, 7) is 7.57. The molecule has 1 aliphatic carbocycles. The molecule has 1 aromatic heterocycles. The summed E-state index contributed by atoms with van der Waals surface area (Å²) < 4.78 is 0. The van der Waals surface area contributed by atoms with Crippen molar-refractivity contribution < 1.29 is 5.11 Å². The molecule has 0 bridgehead atoms. The van der Waals surface area contributed by atoms with Gasteiger partial charge < -0.3 is 5.11 Å². The minimum absolute atomic E-state index is 0.258. The fourth-order valence-electron chi connectivity index (χ4n) is 4.40. The Morgan fingerprint density at radius 3 is 2.81 bits per heavy atom. The number of benzene rings is 1. The maximum Gasteiger partial charge on any atom is 0.107 e. The first-order valence-corrected chi connectivity index (χ1v) is 11.1. The predicted molar refractivity (Wildman–Crippen MR) is 111 cm³/mol. The van der Waals surface area contributed by atoms with Gasteiger partial charge >= 0.3 is 0 Å². The van der Waals surface area contributed by atoms with Crippen LogP contribution < -0.4 is 0 Å². The Labute approximate surface area is 166 Å². The smallest absolute Gasteiger partial charge is 0.107 e. The van der Waals surface area contributed by atoms with Gasteiger partial charge in [0, 0.05) is 43.7 Å². The summed E-state index contributed by atoms with van der Waals surface area (Å²) in [5, 5.41) is 10.9. The maximum atomic E-state index is 9.59. The summed E-state index contributed by atoms with van der Waals surface area (Å²) in [5.41, 5.74) is 4.13. The molecule has 1 aliphatic heterocycles. The second-order valence-corrected chi connectivity index (χ2v) is 9.15. The number of rotatable bonds is 6. The predicted octanol–water partition coefficient (Wildman–Crippen LogP) is 3.40. The molecule has 1 saturated heterocycles. The van der Waals surface area contributed by atoms with Crippen LogP contribution in [-0.2, 0) is 25.9 Å². The van der Waals surface area contributed by atoms with E-state index >= 15 is 0 Å². The maximum absolute atomic E-state index is 9.59. The lowest BCUT2D eigenvalue weighted by molar-refractivity contribution is 0.0498. The number of thiazole rings is 1. The Hall–Kier alpha value is -1.27. The fraction of sp³-hybridized carbons (Fsp3) is 0.591. The molecule has 5 heteroatoms. The molecule has 4 rings (SSSR count). The van der Waals surface area contributed by atoms with Crippen molar-refractivity contribution in [3.8, 4) is 0 Å². The van der Waals surface area contributed by atoms with Crippen molar-refractivity contribution in [3.63, 3.8) is 0 Å². The average molecular weight is 386 g/mol. The summed E-state index contributed by atoms with van der Waals surface area (Å²) in [5.74, 6) is 0. The van der Waals surface area contributed by atoms with Gasteiger partial charge in [-0.15, -0.1) is 11.3 Å². The van der Waals surface area contributed by atoms with Gasteiger partial charge in [-0.05, 0) is 50.2 Å². The summed E-state index contributed by atoms with van der Waals surface area (Å²) >= 11 is 1.93. The van der Waals surface area contributed by atoms with Crippen LogP contribution >= 0.6 is 11.3 Å². The number of aliphatic hydroxyl groups excluding tert-OH is 1. The number of aryl methyl sites for hydroxylation is 3. The minimum atomic E-state index is 0.258. The fourth-order valence-corrected chi connectivity index (χ4v) is 5.60. The monoisotopic (exact) mass is 385 g/mol. The van der Waals surface area contributed by atoms with Crippen molar-refractivity contribution in [2.24, 2.45) is 0 Å². The molecule has 0 radical (unpaired) electrons. The van der Waals surface area contributed by atoms with E-state index in [1.807, 2.05) is 11.3 Å². The van der Waals surface area contributed by atoms with Crippen LogP contribution in [0.1, 0.15) is 46.0 Å². The van der Waals surface area contributed by atoms with Crippen molar-refractivity contribution in [1.29, 1.82) is 0 Å². The number of aliphatic hydroxyl groups is 1. The highest BCUT2D eigenvalue weighted by Gasteiger charge is 2.28. The average Bonchev–Trinajstić information content (AvgIpc) is 3.08. The van der Waals surface area contributed by atoms with Crippen LogP contribution in [0.4, 0.5) is 0 Å². The van der Waals surface area contributed by atoms with Crippen molar-refractivity contribution in [2.45, 2.75) is 58.2 Å². The quantitative estimate of drug-likeness (QED) is 0.827. The summed E-state index contributed by atoms with van der Waals surface area (Å²) in [7, 11) is 0. The van der Waals surface area contributed by atoms with Crippen LogP contribution in [0.3, 0.4) is 0 Å². The third-order valence-corrected chi connectivity index (χ3v) is 7.18. The normalized spacial score (nSPS) is 21.3. The molecular formula is C22H31N3OS. The molecule has 0 saturated carbocycles. The number of hydrogen-bond acceptors (Lipinski definition) is 5. The van der Waals surface area contributed by atoms with Gasteiger partial charge in [-0.1, -0.05) is 24.3 Å². The molecule has 0 amide bonds. The van der Waals surface area contributed by atoms with E-state index in [1.165, 1.54) is 52.4 Å². The van der Waals surface area contributed by atoms with E-state index in [1.54, 1.807) is 0 Å². The van der Waals surface area contributed by atoms with Gasteiger partial charge in [-0.25, -0.2) is 4.98 Å². The van der Waals surface area contributed by atoms with Crippen LogP contribution in [0, 0.1) is 6.92 Å². The van der Waals surface area contributed by atoms with E-state index in [-0.39, 0.29) is 6.61 Å². The molecule has 146 valence electrons. The van der Waals surface area contributed by atoms with Crippen molar-refractivity contribution >= 4 is 11.3 Å². The Kier molecular flexibility index (Phi) is 6.23. The molecule has 2 aliphatic rings. The van der Waals surface area contributed by atoms with Gasteiger partial charge in [0.05, 0.1) is 12.2 Å². The van der Waals surface area contributed by atoms with Crippen LogP contribution in [0.5, 0.6) is 0 Å². The molecule has 4 nitrogen and oxygen atoms in total. The molecule has 1 aromatic carbocycles. The number of hydrogen-bond donors (Lipinski definition) is 1. The van der Waals surface area contributed by atoms with Crippen LogP contribution in [0.25, 0.3) is 0 Å². The first kappa shape index (κ1) is 19.1. The Morgan fingerprint density at radius 2 is 2.00 bits per heavy atom. The molecular weight excluding hydrogens is 354 g/mol. The van der Waals surface area contributed by atoms with E-state index < -0.39 is 0 Å². The molecule has 2 aromatic rings. The second-order valence-electron chi connectivity index (χ2n) is 7.98. The van der Waals surface area contributed by atoms with Gasteiger partial charge in [-0.2, -0.15) is 0 Å². The van der Waals surface area contributed by atoms with E-state index in [9.17, 15) is 5.11 Å². The van der Waals surface area contributed by atoms with E-state index in [0.717, 1.165) is 39.1 Å². The van der Waals surface area contributed by atoms with Gasteiger partial charge in [0.25, 0.3) is 0 Å². The molecule has 0 spiro atoms. The molecule has 1 N–H and O–H groups in total. The van der Waals surface area contributed by atoms with E-state index in [2.05, 4.69) is 41.0 Å². The van der Waals surface area contributed by atoms with Crippen LogP contribution in [-0.4, -0.2) is 52.2 Å². The Balaban J connectivity index is 1.40. The number of nitrogens with zero attached hydrogens (tertiary/aromatic N) is 3. The van der Waals surface area contributed by atoms with Gasteiger partial charge in [0.15, 0.2) is 0 Å². The topological polar surface area (TPSA) is 39.6 Å². The number of fused-ring (bicyclic) bond motifs is 1. The largest absolute Gasteiger partial charge is 0.396 e. The van der Waals surface area contributed by atoms with Gasteiger partial charge in [0.2, 0.25) is 0 Å². The molecule has 27 heavy (non-hydrogen) atoms. The summed E-state index contributed by atoms with van der Waals surface area (Å²) in [4.78, 5) is 11.6. The third kappa shape index (κ3) is 4.60. The van der Waals surface area contributed by atoms with Crippen molar-refractivity contribution in [1.82, 2.24) is 14.8 Å². The van der Waals surface area contributed by atoms with Crippen LogP contribution in [0.15, 0.2) is 24.3 Å². The molecule has 1 fully saturated rings. The first-order valence-electron chi connectivity index (χ1n) is 10.3. The van der Waals surface area contributed by atoms with Crippen molar-refractivity contribution in [2.75, 3.05) is 26.2 Å². The Morgan fingerprint density at radius 1 is 1.15 bits per heavy atom. The highest BCUT2D eigenvalue weighted by molar-refractivity contribution is 7.11. The van der Waals surface area contributed by atoms with Crippen molar-refractivity contribution in [3.05, 3.63) is 51.0 Å². The van der Waals surface area contributed by atoms with Gasteiger partial charge in [0.1, 0.15) is 5.01 Å².